The van der Waals surface area contributed by atoms with E-state index < -0.39 is 0 Å². The van der Waals surface area contributed by atoms with E-state index in [9.17, 15) is 9.90 Å². The number of amides is 1. The number of morpholine rings is 1. The van der Waals surface area contributed by atoms with Gasteiger partial charge in [0, 0.05) is 37.7 Å². The lowest BCUT2D eigenvalue weighted by atomic mass is 10.0. The van der Waals surface area contributed by atoms with Crippen molar-refractivity contribution in [3.05, 3.63) is 29.3 Å². The minimum Gasteiger partial charge on any atom is -0.508 e. The summed E-state index contributed by atoms with van der Waals surface area (Å²) in [6.45, 7) is 7.18. The first-order valence-electron chi connectivity index (χ1n) is 7.46. The van der Waals surface area contributed by atoms with Gasteiger partial charge in [0.15, 0.2) is 0 Å². The zero-order valence-electron chi connectivity index (χ0n) is 12.8. The van der Waals surface area contributed by atoms with Crippen LogP contribution < -0.4 is 5.32 Å². The monoisotopic (exact) mass is 292 g/mol. The highest BCUT2D eigenvalue weighted by Crippen LogP contribution is 2.24. The molecule has 21 heavy (non-hydrogen) atoms. The molecule has 1 amide bonds. The molecule has 0 aromatic heterocycles. The summed E-state index contributed by atoms with van der Waals surface area (Å²) in [7, 11) is 0. The summed E-state index contributed by atoms with van der Waals surface area (Å²) in [5, 5.41) is 13.2. The summed E-state index contributed by atoms with van der Waals surface area (Å²) in [5.74, 6) is 0.459. The Morgan fingerprint density at radius 3 is 2.81 bits per heavy atom. The fourth-order valence-electron chi connectivity index (χ4n) is 2.50. The molecule has 116 valence electrons. The van der Waals surface area contributed by atoms with Crippen molar-refractivity contribution >= 4 is 5.91 Å². The molecule has 2 N–H and O–H groups in total. The van der Waals surface area contributed by atoms with Crippen molar-refractivity contribution in [2.75, 3.05) is 32.8 Å². The Morgan fingerprint density at radius 1 is 1.43 bits per heavy atom. The molecule has 0 saturated carbocycles. The Morgan fingerprint density at radius 2 is 2.14 bits per heavy atom. The molecule has 0 spiro atoms. The summed E-state index contributed by atoms with van der Waals surface area (Å²) < 4.78 is 5.24. The van der Waals surface area contributed by atoms with E-state index >= 15 is 0 Å². The smallest absolute Gasteiger partial charge is 0.224 e. The average molecular weight is 292 g/mol. The minimum atomic E-state index is 0.0167. The number of hydrogen-bond donors (Lipinski definition) is 2. The maximum atomic E-state index is 12.0. The fourth-order valence-corrected chi connectivity index (χ4v) is 2.50. The second kappa shape index (κ2) is 7.43. The van der Waals surface area contributed by atoms with Crippen molar-refractivity contribution < 1.29 is 14.6 Å². The third kappa shape index (κ3) is 4.44. The van der Waals surface area contributed by atoms with Gasteiger partial charge in [-0.2, -0.15) is 0 Å². The number of nitrogens with one attached hydrogen (secondary N) is 1. The topological polar surface area (TPSA) is 61.8 Å². The van der Waals surface area contributed by atoms with Gasteiger partial charge in [0.2, 0.25) is 5.91 Å². The molecule has 0 radical (unpaired) electrons. The molecule has 1 aliphatic rings. The molecule has 1 aliphatic heterocycles. The molecule has 1 saturated heterocycles. The number of rotatable bonds is 5. The van der Waals surface area contributed by atoms with Crippen LogP contribution in [0, 0.1) is 6.92 Å². The first-order chi connectivity index (χ1) is 10.1. The summed E-state index contributed by atoms with van der Waals surface area (Å²) >= 11 is 0. The van der Waals surface area contributed by atoms with Gasteiger partial charge in [0.25, 0.3) is 0 Å². The van der Waals surface area contributed by atoms with Crippen LogP contribution in [0.25, 0.3) is 0 Å². The highest BCUT2D eigenvalue weighted by molar-refractivity contribution is 5.76. The Hall–Kier alpha value is -1.59. The summed E-state index contributed by atoms with van der Waals surface area (Å²) in [5.41, 5.74) is 1.89. The second-order valence-corrected chi connectivity index (χ2v) is 5.48. The molecule has 5 heteroatoms. The van der Waals surface area contributed by atoms with E-state index in [-0.39, 0.29) is 11.9 Å². The number of phenolic OH excluding ortho intramolecular Hbond substituents is 1. The van der Waals surface area contributed by atoms with Crippen molar-refractivity contribution in [2.45, 2.75) is 26.3 Å². The maximum absolute atomic E-state index is 12.0. The Kier molecular flexibility index (Phi) is 5.59. The van der Waals surface area contributed by atoms with E-state index in [1.807, 2.05) is 30.9 Å². The summed E-state index contributed by atoms with van der Waals surface area (Å²) in [4.78, 5) is 13.9. The van der Waals surface area contributed by atoms with Gasteiger partial charge in [0.05, 0.1) is 13.2 Å². The van der Waals surface area contributed by atoms with Gasteiger partial charge >= 0.3 is 0 Å². The number of aryl methyl sites for hydroxylation is 1. The zero-order valence-corrected chi connectivity index (χ0v) is 12.8. The van der Waals surface area contributed by atoms with Crippen molar-refractivity contribution in [3.63, 3.8) is 0 Å². The van der Waals surface area contributed by atoms with Crippen LogP contribution in [0.3, 0.4) is 0 Å². The second-order valence-electron chi connectivity index (χ2n) is 5.48. The SMILES string of the molecule is Cc1ccc(C(C)NCCC(=O)N2CCOCC2)c(O)c1. The van der Waals surface area contributed by atoms with Gasteiger partial charge in [-0.3, -0.25) is 4.79 Å². The van der Waals surface area contributed by atoms with Crippen LogP contribution in [-0.4, -0.2) is 48.8 Å². The summed E-state index contributed by atoms with van der Waals surface area (Å²) in [6, 6.07) is 5.67. The molecule has 1 fully saturated rings. The van der Waals surface area contributed by atoms with Crippen molar-refractivity contribution in [2.24, 2.45) is 0 Å². The van der Waals surface area contributed by atoms with Crippen LogP contribution in [0.1, 0.15) is 30.5 Å². The molecule has 1 unspecified atom stereocenters. The molecule has 0 aliphatic carbocycles. The highest BCUT2D eigenvalue weighted by atomic mass is 16.5. The van der Waals surface area contributed by atoms with Crippen LogP contribution in [0.5, 0.6) is 5.75 Å². The lowest BCUT2D eigenvalue weighted by Crippen LogP contribution is -2.41. The molecular formula is C16H24N2O3. The van der Waals surface area contributed by atoms with Crippen molar-refractivity contribution in [1.82, 2.24) is 10.2 Å². The quantitative estimate of drug-likeness (QED) is 0.865. The lowest BCUT2D eigenvalue weighted by Gasteiger charge is -2.27. The first-order valence-corrected chi connectivity index (χ1v) is 7.46. The molecule has 5 nitrogen and oxygen atoms in total. The van der Waals surface area contributed by atoms with Gasteiger partial charge in [0.1, 0.15) is 5.75 Å². The van der Waals surface area contributed by atoms with Crippen molar-refractivity contribution in [3.8, 4) is 5.75 Å². The van der Waals surface area contributed by atoms with Crippen LogP contribution >= 0.6 is 0 Å². The van der Waals surface area contributed by atoms with Gasteiger partial charge in [-0.25, -0.2) is 0 Å². The molecular weight excluding hydrogens is 268 g/mol. The number of benzene rings is 1. The highest BCUT2D eigenvalue weighted by Gasteiger charge is 2.17. The van der Waals surface area contributed by atoms with Crippen LogP contribution in [0.2, 0.25) is 0 Å². The average Bonchev–Trinajstić information content (AvgIpc) is 2.47. The van der Waals surface area contributed by atoms with Gasteiger partial charge in [-0.15, -0.1) is 0 Å². The first kappa shape index (κ1) is 15.8. The summed E-state index contributed by atoms with van der Waals surface area (Å²) in [6.07, 6.45) is 0.469. The molecule has 2 rings (SSSR count). The van der Waals surface area contributed by atoms with E-state index in [1.165, 1.54) is 0 Å². The van der Waals surface area contributed by atoms with Crippen LogP contribution in [0.15, 0.2) is 18.2 Å². The Balaban J connectivity index is 1.78. The Labute approximate surface area is 125 Å². The van der Waals surface area contributed by atoms with Crippen molar-refractivity contribution in [1.29, 1.82) is 0 Å². The minimum absolute atomic E-state index is 0.0167. The third-order valence-corrected chi connectivity index (χ3v) is 3.81. The number of aromatic hydroxyl groups is 1. The molecule has 1 atom stereocenters. The predicted molar refractivity (Wildman–Crippen MR) is 81.3 cm³/mol. The van der Waals surface area contributed by atoms with E-state index in [0.29, 0.717) is 45.0 Å². The standard InChI is InChI=1S/C16H24N2O3/c1-12-3-4-14(15(19)11-12)13(2)17-6-5-16(20)18-7-9-21-10-8-18/h3-4,11,13,17,19H,5-10H2,1-2H3. The van der Waals surface area contributed by atoms with Crippen LogP contribution in [0.4, 0.5) is 0 Å². The van der Waals surface area contributed by atoms with Crippen LogP contribution in [-0.2, 0) is 9.53 Å². The molecule has 1 heterocycles. The van der Waals surface area contributed by atoms with Gasteiger partial charge in [-0.1, -0.05) is 12.1 Å². The Bertz CT molecular complexity index is 484. The fraction of sp³-hybridized carbons (Fsp3) is 0.562. The van der Waals surface area contributed by atoms with E-state index in [2.05, 4.69) is 5.32 Å². The number of hydrogen-bond acceptors (Lipinski definition) is 4. The lowest BCUT2D eigenvalue weighted by molar-refractivity contribution is -0.135. The van der Waals surface area contributed by atoms with Gasteiger partial charge < -0.3 is 20.1 Å². The third-order valence-electron chi connectivity index (χ3n) is 3.81. The molecule has 0 bridgehead atoms. The number of carbonyl (C=O) groups is 1. The largest absolute Gasteiger partial charge is 0.508 e. The number of phenols is 1. The normalized spacial score (nSPS) is 16.8. The number of nitrogens with zero attached hydrogens (tertiary/aromatic N) is 1. The van der Waals surface area contributed by atoms with E-state index in [0.717, 1.165) is 11.1 Å². The van der Waals surface area contributed by atoms with E-state index in [4.69, 9.17) is 4.74 Å². The molecule has 1 aromatic carbocycles. The van der Waals surface area contributed by atoms with Gasteiger partial charge in [-0.05, 0) is 25.5 Å². The maximum Gasteiger partial charge on any atom is 0.224 e. The number of carbonyl (C=O) groups excluding carboxylic acids is 1. The zero-order chi connectivity index (χ0) is 15.2. The van der Waals surface area contributed by atoms with E-state index in [1.54, 1.807) is 6.07 Å². The predicted octanol–water partition coefficient (Wildman–Crippen LogP) is 1.60. The molecule has 1 aromatic rings. The number of ether oxygens (including phenoxy) is 1.